The van der Waals surface area contributed by atoms with Crippen LogP contribution in [0, 0.1) is 0 Å². The fourth-order valence-electron chi connectivity index (χ4n) is 6.26. The third kappa shape index (κ3) is 8.45. The molecule has 0 radical (unpaired) electrons. The third-order valence-electron chi connectivity index (χ3n) is 10.0. The molecule has 3 aliphatic rings. The fraction of sp³-hybridized carbons (Fsp3) is 1.00. The number of unbranched alkanes of at least 4 members (excludes halogenated alkanes) is 3. The molecule has 0 saturated carbocycles. The Hall–Kier alpha value is -0.680. The molecule has 47 heavy (non-hydrogen) atoms. The van der Waals surface area contributed by atoms with Crippen LogP contribution in [0.4, 0.5) is 0 Å². The van der Waals surface area contributed by atoms with Crippen LogP contribution in [0.1, 0.15) is 66.7 Å². The van der Waals surface area contributed by atoms with Crippen LogP contribution in [0.2, 0.25) is 0 Å². The highest BCUT2D eigenvalue weighted by Crippen LogP contribution is 2.44. The lowest BCUT2D eigenvalue weighted by Gasteiger charge is -2.58. The minimum Gasteiger partial charge on any atom is -0.394 e. The first-order valence-corrected chi connectivity index (χ1v) is 16.5. The van der Waals surface area contributed by atoms with Crippen molar-refractivity contribution in [3.8, 4) is 0 Å². The zero-order valence-electron chi connectivity index (χ0n) is 28.1. The smallest absolute Gasteiger partial charge is 0.177 e. The Kier molecular flexibility index (Phi) is 14.8. The Morgan fingerprint density at radius 2 is 1.47 bits per heavy atom. The van der Waals surface area contributed by atoms with Gasteiger partial charge in [-0.05, 0) is 33.6 Å². The van der Waals surface area contributed by atoms with Gasteiger partial charge >= 0.3 is 0 Å². The Labute approximate surface area is 276 Å². The Balaban J connectivity index is 1.91. The van der Waals surface area contributed by atoms with Gasteiger partial charge in [0, 0.05) is 6.61 Å². The van der Waals surface area contributed by atoms with Crippen LogP contribution in [0.25, 0.3) is 0 Å². The zero-order chi connectivity index (χ0) is 35.3. The van der Waals surface area contributed by atoms with Gasteiger partial charge < -0.3 is 80.7 Å². The van der Waals surface area contributed by atoms with E-state index in [4.69, 9.17) is 39.9 Å². The van der Waals surface area contributed by atoms with Crippen molar-refractivity contribution in [2.24, 2.45) is 11.5 Å². The van der Waals surface area contributed by atoms with Crippen LogP contribution in [0.15, 0.2) is 0 Å². The maximum absolute atomic E-state index is 11.7. The van der Waals surface area contributed by atoms with Crippen LogP contribution >= 0.6 is 0 Å². The fourth-order valence-corrected chi connectivity index (χ4v) is 6.26. The first-order chi connectivity index (χ1) is 22.0. The lowest BCUT2D eigenvalue weighted by molar-refractivity contribution is -0.387. The molecule has 17 heteroatoms. The largest absolute Gasteiger partial charge is 0.394 e. The van der Waals surface area contributed by atoms with Gasteiger partial charge in [0.15, 0.2) is 18.9 Å². The molecule has 0 bridgehead atoms. The summed E-state index contributed by atoms with van der Waals surface area (Å²) in [5.74, 6) is 0. The Morgan fingerprint density at radius 1 is 0.851 bits per heavy atom. The number of aliphatic hydroxyl groups excluding tert-OH is 6. The molecule has 0 amide bonds. The molecule has 3 unspecified atom stereocenters. The van der Waals surface area contributed by atoms with E-state index >= 15 is 0 Å². The van der Waals surface area contributed by atoms with Crippen molar-refractivity contribution in [2.75, 3.05) is 26.4 Å². The SMILES string of the molecule is CCCCCCO[C@H]1C(O[C@@H]2O[C@H](CO)C(O[C@H]3O[C@](C)(CO)[C@@](C)(O)[C@](C)(O)[C@H]3N)[C@H](O)[C@H]2NC(O)CC)[C@@H](CO)O[C@@H](O)[C@@H]1N. The van der Waals surface area contributed by atoms with E-state index in [9.17, 15) is 40.9 Å². The molecule has 0 aliphatic carbocycles. The molecule has 17 nitrogen and oxygen atoms in total. The minimum absolute atomic E-state index is 0.209. The van der Waals surface area contributed by atoms with Crippen LogP contribution in [0.5, 0.6) is 0 Å². The molecule has 0 spiro atoms. The predicted molar refractivity (Wildman–Crippen MR) is 164 cm³/mol. The summed E-state index contributed by atoms with van der Waals surface area (Å²) in [5, 5.41) is 88.5. The number of hydrogen-bond acceptors (Lipinski definition) is 17. The maximum Gasteiger partial charge on any atom is 0.177 e. The lowest BCUT2D eigenvalue weighted by atomic mass is 9.68. The average molecular weight is 686 g/mol. The maximum atomic E-state index is 11.7. The second-order valence-electron chi connectivity index (χ2n) is 13.4. The number of ether oxygens (including phenoxy) is 6. The lowest BCUT2D eigenvalue weighted by Crippen LogP contribution is -2.79. The van der Waals surface area contributed by atoms with Gasteiger partial charge in [-0.1, -0.05) is 33.1 Å². The van der Waals surface area contributed by atoms with Gasteiger partial charge in [-0.15, -0.1) is 0 Å². The van der Waals surface area contributed by atoms with Crippen molar-refractivity contribution < 1.29 is 69.3 Å². The molecule has 3 fully saturated rings. The standard InChI is InChI=1S/C30H59N3O14/c1-6-8-9-10-11-42-23-18(31)25(39)43-16(13-35)22(23)46-26-19(33-17(37)7-2)20(38)21(15(12-34)44-26)45-27-24(32)29(4,40)30(5,41)28(3,14-36)47-27/h15-27,33-41H,6-14,31-32H2,1-5H3/t15-,16-,17?,18-,19-,20-,21?,22?,23-,24+,25-,26+,27+,28-,29-,30-/m1/s1. The topological polar surface area (TPSA) is 281 Å². The number of hydrogen-bond donors (Lipinski definition) is 11. The quantitative estimate of drug-likeness (QED) is 0.0554. The number of nitrogens with one attached hydrogen (secondary N) is 1. The molecule has 0 aromatic carbocycles. The van der Waals surface area contributed by atoms with E-state index in [0.717, 1.165) is 19.3 Å². The van der Waals surface area contributed by atoms with E-state index in [-0.39, 0.29) is 13.0 Å². The van der Waals surface area contributed by atoms with Crippen LogP contribution < -0.4 is 16.8 Å². The first kappa shape index (κ1) is 40.7. The van der Waals surface area contributed by atoms with E-state index in [0.29, 0.717) is 6.42 Å². The summed E-state index contributed by atoms with van der Waals surface area (Å²) in [6.07, 6.45) is -9.26. The molecule has 0 aromatic rings. The molecule has 0 aromatic heterocycles. The van der Waals surface area contributed by atoms with Crippen molar-refractivity contribution in [1.82, 2.24) is 5.32 Å². The summed E-state index contributed by atoms with van der Waals surface area (Å²) < 4.78 is 35.9. The van der Waals surface area contributed by atoms with Gasteiger partial charge in [-0.2, -0.15) is 0 Å². The van der Waals surface area contributed by atoms with Crippen molar-refractivity contribution >= 4 is 0 Å². The minimum atomic E-state index is -2.06. The first-order valence-electron chi connectivity index (χ1n) is 16.5. The van der Waals surface area contributed by atoms with E-state index < -0.39 is 116 Å². The van der Waals surface area contributed by atoms with Crippen molar-refractivity contribution in [1.29, 1.82) is 0 Å². The van der Waals surface area contributed by atoms with E-state index in [1.807, 2.05) is 0 Å². The monoisotopic (exact) mass is 685 g/mol. The zero-order valence-corrected chi connectivity index (χ0v) is 28.1. The molecule has 278 valence electrons. The number of nitrogens with two attached hydrogens (primary N) is 2. The van der Waals surface area contributed by atoms with Crippen molar-refractivity contribution in [3.05, 3.63) is 0 Å². The predicted octanol–water partition coefficient (Wildman–Crippen LogP) is -3.54. The summed E-state index contributed by atoms with van der Waals surface area (Å²) in [4.78, 5) is 0. The molecule has 3 saturated heterocycles. The highest BCUT2D eigenvalue weighted by molar-refractivity contribution is 5.15. The highest BCUT2D eigenvalue weighted by atomic mass is 16.7. The summed E-state index contributed by atoms with van der Waals surface area (Å²) in [7, 11) is 0. The van der Waals surface area contributed by atoms with Crippen LogP contribution in [-0.2, 0) is 28.4 Å². The van der Waals surface area contributed by atoms with Crippen LogP contribution in [0.3, 0.4) is 0 Å². The molecule has 3 aliphatic heterocycles. The van der Waals surface area contributed by atoms with Gasteiger partial charge in [-0.3, -0.25) is 5.32 Å². The average Bonchev–Trinajstić information content (AvgIpc) is 3.04. The highest BCUT2D eigenvalue weighted by Gasteiger charge is 2.65. The van der Waals surface area contributed by atoms with Gasteiger partial charge in [-0.25, -0.2) is 0 Å². The molecule has 16 atom stereocenters. The third-order valence-corrected chi connectivity index (χ3v) is 10.0. The molecular weight excluding hydrogens is 626 g/mol. The summed E-state index contributed by atoms with van der Waals surface area (Å²) >= 11 is 0. The molecule has 3 heterocycles. The summed E-state index contributed by atoms with van der Waals surface area (Å²) in [5.41, 5.74) is 6.70. The van der Waals surface area contributed by atoms with Gasteiger partial charge in [0.05, 0.1) is 37.9 Å². The summed E-state index contributed by atoms with van der Waals surface area (Å²) in [6, 6.07) is -3.73. The van der Waals surface area contributed by atoms with Gasteiger partial charge in [0.2, 0.25) is 0 Å². The van der Waals surface area contributed by atoms with E-state index in [2.05, 4.69) is 12.2 Å². The van der Waals surface area contributed by atoms with Crippen LogP contribution in [-0.4, -0.2) is 164 Å². The van der Waals surface area contributed by atoms with Crippen molar-refractivity contribution in [3.63, 3.8) is 0 Å². The molecule has 3 rings (SSSR count). The Bertz CT molecular complexity index is 945. The van der Waals surface area contributed by atoms with E-state index in [1.165, 1.54) is 20.8 Å². The normalized spacial score (nSPS) is 46.8. The molecule has 13 N–H and O–H groups in total. The van der Waals surface area contributed by atoms with E-state index in [1.54, 1.807) is 6.92 Å². The summed E-state index contributed by atoms with van der Waals surface area (Å²) in [6.45, 7) is 5.91. The molecular formula is C30H59N3O14. The van der Waals surface area contributed by atoms with Gasteiger partial charge in [0.1, 0.15) is 59.7 Å². The second-order valence-corrected chi connectivity index (χ2v) is 13.4. The van der Waals surface area contributed by atoms with Gasteiger partial charge in [0.25, 0.3) is 0 Å². The van der Waals surface area contributed by atoms with Crippen molar-refractivity contribution in [2.45, 2.75) is 163 Å². The second kappa shape index (κ2) is 17.0. The number of aliphatic hydroxyl groups is 8. The number of rotatable bonds is 16. The Morgan fingerprint density at radius 3 is 2.04 bits per heavy atom.